The zero-order valence-corrected chi connectivity index (χ0v) is 13.1. The molecule has 0 aromatic rings. The predicted molar refractivity (Wildman–Crippen MR) is 81.7 cm³/mol. The number of nitrogens with one attached hydrogen (secondary N) is 1. The van der Waals surface area contributed by atoms with Gasteiger partial charge in [-0.25, -0.2) is 0 Å². The summed E-state index contributed by atoms with van der Waals surface area (Å²) in [5.74, 6) is 0.959. The van der Waals surface area contributed by atoms with Gasteiger partial charge in [0.15, 0.2) is 0 Å². The summed E-state index contributed by atoms with van der Waals surface area (Å²) in [6.07, 6.45) is 5.46. The second-order valence-corrected chi connectivity index (χ2v) is 7.06. The average molecular weight is 284 g/mol. The molecular formula is C16H32N2O2. The van der Waals surface area contributed by atoms with E-state index in [0.29, 0.717) is 17.9 Å². The molecule has 4 nitrogen and oxygen atoms in total. The van der Waals surface area contributed by atoms with Gasteiger partial charge in [0.2, 0.25) is 0 Å². The van der Waals surface area contributed by atoms with Gasteiger partial charge in [-0.2, -0.15) is 0 Å². The summed E-state index contributed by atoms with van der Waals surface area (Å²) in [6.45, 7) is 7.67. The lowest BCUT2D eigenvalue weighted by atomic mass is 9.86. The SMILES string of the molecule is CC(C)C(O)CC1CC(NCCCO)CN(C2CC2)C1. The minimum absolute atomic E-state index is 0.169. The molecule has 0 radical (unpaired) electrons. The quantitative estimate of drug-likeness (QED) is 0.587. The molecule has 0 spiro atoms. The number of piperidine rings is 1. The van der Waals surface area contributed by atoms with Crippen molar-refractivity contribution in [3.8, 4) is 0 Å². The second-order valence-electron chi connectivity index (χ2n) is 7.06. The van der Waals surface area contributed by atoms with E-state index < -0.39 is 0 Å². The van der Waals surface area contributed by atoms with Gasteiger partial charge < -0.3 is 15.5 Å². The van der Waals surface area contributed by atoms with Crippen molar-refractivity contribution in [2.24, 2.45) is 11.8 Å². The van der Waals surface area contributed by atoms with Crippen LogP contribution in [0.15, 0.2) is 0 Å². The number of aliphatic hydroxyl groups excluding tert-OH is 2. The Morgan fingerprint density at radius 1 is 1.25 bits per heavy atom. The van der Waals surface area contributed by atoms with Crippen LogP contribution in [0.2, 0.25) is 0 Å². The molecule has 118 valence electrons. The minimum atomic E-state index is -0.169. The highest BCUT2D eigenvalue weighted by Gasteiger charge is 2.36. The van der Waals surface area contributed by atoms with Crippen molar-refractivity contribution in [2.45, 2.75) is 64.1 Å². The maximum Gasteiger partial charge on any atom is 0.0566 e. The van der Waals surface area contributed by atoms with Crippen LogP contribution in [0, 0.1) is 11.8 Å². The smallest absolute Gasteiger partial charge is 0.0566 e. The molecule has 1 aliphatic heterocycles. The summed E-state index contributed by atoms with van der Waals surface area (Å²) in [5.41, 5.74) is 0. The van der Waals surface area contributed by atoms with Gasteiger partial charge in [0.25, 0.3) is 0 Å². The van der Waals surface area contributed by atoms with Crippen LogP contribution in [-0.4, -0.2) is 59.5 Å². The summed E-state index contributed by atoms with van der Waals surface area (Å²) in [4.78, 5) is 2.62. The minimum Gasteiger partial charge on any atom is -0.396 e. The van der Waals surface area contributed by atoms with E-state index in [0.717, 1.165) is 38.5 Å². The summed E-state index contributed by atoms with van der Waals surface area (Å²) in [5, 5.41) is 22.6. The zero-order chi connectivity index (χ0) is 14.5. The van der Waals surface area contributed by atoms with E-state index in [-0.39, 0.29) is 12.7 Å². The highest BCUT2D eigenvalue weighted by Crippen LogP contribution is 2.32. The lowest BCUT2D eigenvalue weighted by Gasteiger charge is -2.39. The van der Waals surface area contributed by atoms with Gasteiger partial charge in [-0.05, 0) is 50.5 Å². The van der Waals surface area contributed by atoms with Crippen LogP contribution in [-0.2, 0) is 0 Å². The van der Waals surface area contributed by atoms with Gasteiger partial charge in [0.05, 0.1) is 6.10 Å². The number of rotatable bonds is 8. The van der Waals surface area contributed by atoms with Gasteiger partial charge >= 0.3 is 0 Å². The number of hydrogen-bond donors (Lipinski definition) is 3. The number of aliphatic hydroxyl groups is 2. The molecule has 2 fully saturated rings. The Hall–Kier alpha value is -0.160. The fourth-order valence-corrected chi connectivity index (χ4v) is 3.30. The van der Waals surface area contributed by atoms with Gasteiger partial charge in [-0.3, -0.25) is 4.90 Å². The molecule has 1 saturated carbocycles. The van der Waals surface area contributed by atoms with E-state index in [9.17, 15) is 5.11 Å². The molecule has 0 bridgehead atoms. The van der Waals surface area contributed by atoms with Crippen LogP contribution in [0.5, 0.6) is 0 Å². The van der Waals surface area contributed by atoms with E-state index in [1.807, 2.05) is 0 Å². The monoisotopic (exact) mass is 284 g/mol. The first-order valence-electron chi connectivity index (χ1n) is 8.36. The normalized spacial score (nSPS) is 29.9. The van der Waals surface area contributed by atoms with E-state index in [4.69, 9.17) is 5.11 Å². The number of nitrogens with zero attached hydrogens (tertiary/aromatic N) is 1. The van der Waals surface area contributed by atoms with Gasteiger partial charge in [0.1, 0.15) is 0 Å². The summed E-state index contributed by atoms with van der Waals surface area (Å²) >= 11 is 0. The fourth-order valence-electron chi connectivity index (χ4n) is 3.30. The summed E-state index contributed by atoms with van der Waals surface area (Å²) in [6, 6.07) is 1.33. The molecule has 0 amide bonds. The standard InChI is InChI=1S/C16H32N2O2/c1-12(2)16(20)9-13-8-14(17-6-3-7-19)11-18(10-13)15-4-5-15/h12-17,19-20H,3-11H2,1-2H3. The number of hydrogen-bond acceptors (Lipinski definition) is 4. The second kappa shape index (κ2) is 7.74. The Labute approximate surface area is 123 Å². The van der Waals surface area contributed by atoms with Gasteiger partial charge in [-0.1, -0.05) is 13.8 Å². The molecule has 3 atom stereocenters. The molecule has 20 heavy (non-hydrogen) atoms. The topological polar surface area (TPSA) is 55.7 Å². The Morgan fingerprint density at radius 2 is 2.00 bits per heavy atom. The maximum absolute atomic E-state index is 10.1. The van der Waals surface area contributed by atoms with E-state index in [1.54, 1.807) is 0 Å². The Balaban J connectivity index is 1.83. The molecule has 3 unspecified atom stereocenters. The number of likely N-dealkylation sites (tertiary alicyclic amines) is 1. The van der Waals surface area contributed by atoms with Crippen molar-refractivity contribution in [3.05, 3.63) is 0 Å². The molecule has 0 aromatic heterocycles. The fraction of sp³-hybridized carbons (Fsp3) is 1.00. The average Bonchev–Trinajstić information content (AvgIpc) is 3.23. The Kier molecular flexibility index (Phi) is 6.27. The first-order valence-corrected chi connectivity index (χ1v) is 8.36. The highest BCUT2D eigenvalue weighted by atomic mass is 16.3. The van der Waals surface area contributed by atoms with Gasteiger partial charge in [-0.15, -0.1) is 0 Å². The lowest BCUT2D eigenvalue weighted by molar-refractivity contribution is 0.0590. The third kappa shape index (κ3) is 4.99. The van der Waals surface area contributed by atoms with E-state index in [1.165, 1.54) is 19.3 Å². The van der Waals surface area contributed by atoms with E-state index in [2.05, 4.69) is 24.1 Å². The maximum atomic E-state index is 10.1. The summed E-state index contributed by atoms with van der Waals surface area (Å²) < 4.78 is 0. The highest BCUT2D eigenvalue weighted by molar-refractivity contribution is 4.93. The Bertz CT molecular complexity index is 280. The van der Waals surface area contributed by atoms with Gasteiger partial charge in [0, 0.05) is 31.8 Å². The lowest BCUT2D eigenvalue weighted by Crippen LogP contribution is -2.50. The molecule has 0 aromatic carbocycles. The van der Waals surface area contributed by atoms with Crippen molar-refractivity contribution in [1.29, 1.82) is 0 Å². The molecule has 4 heteroatoms. The molecule has 2 rings (SSSR count). The van der Waals surface area contributed by atoms with Crippen molar-refractivity contribution >= 4 is 0 Å². The molecule has 1 aliphatic carbocycles. The predicted octanol–water partition coefficient (Wildman–Crippen LogP) is 1.22. The first-order chi connectivity index (χ1) is 9.60. The van der Waals surface area contributed by atoms with Crippen molar-refractivity contribution in [2.75, 3.05) is 26.2 Å². The van der Waals surface area contributed by atoms with Crippen LogP contribution < -0.4 is 5.32 Å². The Morgan fingerprint density at radius 3 is 2.60 bits per heavy atom. The molecular weight excluding hydrogens is 252 g/mol. The van der Waals surface area contributed by atoms with Crippen LogP contribution in [0.1, 0.15) is 46.0 Å². The molecule has 1 heterocycles. The van der Waals surface area contributed by atoms with Crippen LogP contribution in [0.25, 0.3) is 0 Å². The zero-order valence-electron chi connectivity index (χ0n) is 13.1. The first kappa shape index (κ1) is 16.2. The third-order valence-electron chi connectivity index (χ3n) is 4.74. The van der Waals surface area contributed by atoms with Crippen molar-refractivity contribution in [3.63, 3.8) is 0 Å². The third-order valence-corrected chi connectivity index (χ3v) is 4.74. The largest absolute Gasteiger partial charge is 0.396 e. The van der Waals surface area contributed by atoms with E-state index >= 15 is 0 Å². The molecule has 2 aliphatic rings. The molecule has 3 N–H and O–H groups in total. The molecule has 1 saturated heterocycles. The summed E-state index contributed by atoms with van der Waals surface area (Å²) in [7, 11) is 0. The van der Waals surface area contributed by atoms with Crippen molar-refractivity contribution in [1.82, 2.24) is 10.2 Å². The van der Waals surface area contributed by atoms with Crippen molar-refractivity contribution < 1.29 is 10.2 Å². The van der Waals surface area contributed by atoms with Crippen LogP contribution in [0.4, 0.5) is 0 Å². The van der Waals surface area contributed by atoms with Crippen LogP contribution >= 0.6 is 0 Å². The van der Waals surface area contributed by atoms with Crippen LogP contribution in [0.3, 0.4) is 0 Å².